The third kappa shape index (κ3) is 4.34. The molecule has 0 aliphatic carbocycles. The van der Waals surface area contributed by atoms with Crippen molar-refractivity contribution in [3.63, 3.8) is 0 Å². The van der Waals surface area contributed by atoms with Crippen LogP contribution in [-0.4, -0.2) is 11.4 Å². The molecule has 0 atom stereocenters. The van der Waals surface area contributed by atoms with Crippen LogP contribution in [0.4, 0.5) is 4.39 Å². The van der Waals surface area contributed by atoms with Crippen LogP contribution in [0, 0.1) is 5.82 Å². The summed E-state index contributed by atoms with van der Waals surface area (Å²) < 4.78 is 12.9. The van der Waals surface area contributed by atoms with Gasteiger partial charge in [-0.15, -0.1) is 6.58 Å². The Kier molecular flexibility index (Phi) is 4.87. The molecule has 2 rings (SSSR count). The number of rotatable bonds is 6. The average Bonchev–Trinajstić information content (AvgIpc) is 2.43. The summed E-state index contributed by atoms with van der Waals surface area (Å²) in [6.07, 6.45) is 1.90. The summed E-state index contributed by atoms with van der Waals surface area (Å²) in [5.74, 6) is -0.193. The largest absolute Gasteiger partial charge is 0.291 e. The zero-order chi connectivity index (χ0) is 13.5. The van der Waals surface area contributed by atoms with Gasteiger partial charge in [-0.3, -0.25) is 4.90 Å². The van der Waals surface area contributed by atoms with Gasteiger partial charge in [0.25, 0.3) is 0 Å². The minimum absolute atomic E-state index is 0.193. The monoisotopic (exact) mass is 255 g/mol. The summed E-state index contributed by atoms with van der Waals surface area (Å²) in [6.45, 7) is 6.27. The van der Waals surface area contributed by atoms with E-state index in [1.54, 1.807) is 0 Å². The molecule has 0 fully saturated rings. The van der Waals surface area contributed by atoms with E-state index in [-0.39, 0.29) is 5.82 Å². The highest BCUT2D eigenvalue weighted by Gasteiger charge is 2.05. The van der Waals surface area contributed by atoms with Crippen LogP contribution in [0.3, 0.4) is 0 Å². The molecule has 0 N–H and O–H groups in total. The lowest BCUT2D eigenvalue weighted by Crippen LogP contribution is -2.22. The highest BCUT2D eigenvalue weighted by Crippen LogP contribution is 2.10. The van der Waals surface area contributed by atoms with Crippen LogP contribution in [0.1, 0.15) is 11.1 Å². The summed E-state index contributed by atoms with van der Waals surface area (Å²) in [4.78, 5) is 2.27. The molecule has 0 amide bonds. The topological polar surface area (TPSA) is 3.24 Å². The summed E-state index contributed by atoms with van der Waals surface area (Å²) >= 11 is 0. The molecule has 0 aliphatic heterocycles. The zero-order valence-corrected chi connectivity index (χ0v) is 10.9. The molecule has 0 unspecified atom stereocenters. The van der Waals surface area contributed by atoms with Gasteiger partial charge in [0, 0.05) is 19.6 Å². The summed E-state index contributed by atoms with van der Waals surface area (Å²) in [6, 6.07) is 17.0. The molecule has 19 heavy (non-hydrogen) atoms. The lowest BCUT2D eigenvalue weighted by molar-refractivity contribution is 0.286. The average molecular weight is 255 g/mol. The molecular formula is C17H18FN. The summed E-state index contributed by atoms with van der Waals surface area (Å²) in [5.41, 5.74) is 2.38. The van der Waals surface area contributed by atoms with Gasteiger partial charge in [-0.05, 0) is 23.3 Å². The molecule has 0 saturated carbocycles. The Balaban J connectivity index is 2.03. The fraction of sp³-hybridized carbons (Fsp3) is 0.176. The fourth-order valence-corrected chi connectivity index (χ4v) is 2.06. The van der Waals surface area contributed by atoms with Gasteiger partial charge in [0.05, 0.1) is 0 Å². The molecule has 0 heterocycles. The molecular weight excluding hydrogens is 237 g/mol. The van der Waals surface area contributed by atoms with E-state index in [2.05, 4.69) is 23.6 Å². The molecule has 0 aliphatic rings. The molecule has 2 heteroatoms. The normalized spacial score (nSPS) is 10.6. The minimum atomic E-state index is -0.193. The second-order valence-corrected chi connectivity index (χ2v) is 4.57. The third-order valence-electron chi connectivity index (χ3n) is 2.96. The fourth-order valence-electron chi connectivity index (χ4n) is 2.06. The number of hydrogen-bond donors (Lipinski definition) is 0. The van der Waals surface area contributed by atoms with Crippen molar-refractivity contribution in [2.75, 3.05) is 6.54 Å². The molecule has 98 valence electrons. The summed E-state index contributed by atoms with van der Waals surface area (Å²) in [5, 5.41) is 0. The molecule has 0 radical (unpaired) electrons. The molecule has 2 aromatic carbocycles. The van der Waals surface area contributed by atoms with E-state index >= 15 is 0 Å². The van der Waals surface area contributed by atoms with Gasteiger partial charge in [0.1, 0.15) is 5.82 Å². The number of hydrogen-bond acceptors (Lipinski definition) is 1. The number of benzene rings is 2. The van der Waals surface area contributed by atoms with Crippen molar-refractivity contribution in [1.29, 1.82) is 0 Å². The van der Waals surface area contributed by atoms with Crippen LogP contribution >= 0.6 is 0 Å². The van der Waals surface area contributed by atoms with Gasteiger partial charge in [-0.2, -0.15) is 0 Å². The van der Waals surface area contributed by atoms with Crippen LogP contribution in [0.25, 0.3) is 0 Å². The highest BCUT2D eigenvalue weighted by molar-refractivity contribution is 5.18. The van der Waals surface area contributed by atoms with Gasteiger partial charge >= 0.3 is 0 Å². The van der Waals surface area contributed by atoms with Crippen LogP contribution in [0.2, 0.25) is 0 Å². The Hall–Kier alpha value is -1.93. The molecule has 2 aromatic rings. The molecule has 0 bridgehead atoms. The van der Waals surface area contributed by atoms with E-state index in [1.165, 1.54) is 17.7 Å². The van der Waals surface area contributed by atoms with Crippen molar-refractivity contribution in [1.82, 2.24) is 4.90 Å². The SMILES string of the molecule is C=CCN(Cc1ccccc1)Cc1ccc(F)cc1. The van der Waals surface area contributed by atoms with Gasteiger partial charge in [0.15, 0.2) is 0 Å². The first-order valence-corrected chi connectivity index (χ1v) is 6.39. The Labute approximate surface area is 114 Å². The maximum absolute atomic E-state index is 12.9. The standard InChI is InChI=1S/C17H18FN/c1-2-12-19(13-15-6-4-3-5-7-15)14-16-8-10-17(18)11-9-16/h2-11H,1,12-14H2. The highest BCUT2D eigenvalue weighted by atomic mass is 19.1. The van der Waals surface area contributed by atoms with Crippen molar-refractivity contribution in [3.05, 3.63) is 84.2 Å². The molecule has 0 aromatic heterocycles. The van der Waals surface area contributed by atoms with Gasteiger partial charge < -0.3 is 0 Å². The number of halogens is 1. The van der Waals surface area contributed by atoms with Crippen molar-refractivity contribution in [3.8, 4) is 0 Å². The van der Waals surface area contributed by atoms with Crippen molar-refractivity contribution in [2.45, 2.75) is 13.1 Å². The first-order chi connectivity index (χ1) is 9.28. The Morgan fingerprint density at radius 3 is 2.05 bits per heavy atom. The quantitative estimate of drug-likeness (QED) is 0.705. The van der Waals surface area contributed by atoms with E-state index in [9.17, 15) is 4.39 Å². The predicted octanol–water partition coefficient (Wildman–Crippen LogP) is 4.01. The van der Waals surface area contributed by atoms with Crippen LogP contribution in [-0.2, 0) is 13.1 Å². The molecule has 1 nitrogen and oxygen atoms in total. The summed E-state index contributed by atoms with van der Waals surface area (Å²) in [7, 11) is 0. The maximum Gasteiger partial charge on any atom is 0.123 e. The van der Waals surface area contributed by atoms with Gasteiger partial charge in [-0.1, -0.05) is 48.5 Å². The van der Waals surface area contributed by atoms with Gasteiger partial charge in [0.2, 0.25) is 0 Å². The van der Waals surface area contributed by atoms with E-state index in [0.717, 1.165) is 25.2 Å². The minimum Gasteiger partial charge on any atom is -0.291 e. The van der Waals surface area contributed by atoms with E-state index in [1.807, 2.05) is 36.4 Å². The van der Waals surface area contributed by atoms with E-state index in [0.29, 0.717) is 0 Å². The lowest BCUT2D eigenvalue weighted by Gasteiger charge is -2.20. The van der Waals surface area contributed by atoms with E-state index < -0.39 is 0 Å². The smallest absolute Gasteiger partial charge is 0.123 e. The predicted molar refractivity (Wildman–Crippen MR) is 77.2 cm³/mol. The third-order valence-corrected chi connectivity index (χ3v) is 2.96. The van der Waals surface area contributed by atoms with E-state index in [4.69, 9.17) is 0 Å². The number of nitrogens with zero attached hydrogens (tertiary/aromatic N) is 1. The van der Waals surface area contributed by atoms with Crippen LogP contribution < -0.4 is 0 Å². The van der Waals surface area contributed by atoms with Gasteiger partial charge in [-0.25, -0.2) is 4.39 Å². The first-order valence-electron chi connectivity index (χ1n) is 6.39. The van der Waals surface area contributed by atoms with Crippen molar-refractivity contribution in [2.24, 2.45) is 0 Å². The lowest BCUT2D eigenvalue weighted by atomic mass is 10.1. The Morgan fingerprint density at radius 2 is 1.47 bits per heavy atom. The second kappa shape index (κ2) is 6.86. The molecule has 0 saturated heterocycles. The maximum atomic E-state index is 12.9. The zero-order valence-electron chi connectivity index (χ0n) is 10.9. The molecule has 0 spiro atoms. The second-order valence-electron chi connectivity index (χ2n) is 4.57. The Bertz CT molecular complexity index is 505. The van der Waals surface area contributed by atoms with Crippen molar-refractivity contribution >= 4 is 0 Å². The van der Waals surface area contributed by atoms with Crippen LogP contribution in [0.5, 0.6) is 0 Å². The first kappa shape index (κ1) is 13.5. The van der Waals surface area contributed by atoms with Crippen LogP contribution in [0.15, 0.2) is 67.3 Å². The van der Waals surface area contributed by atoms with Crippen molar-refractivity contribution < 1.29 is 4.39 Å². The Morgan fingerprint density at radius 1 is 0.895 bits per heavy atom.